The Balaban J connectivity index is 2.25. The van der Waals surface area contributed by atoms with Crippen molar-refractivity contribution in [2.45, 2.75) is 19.0 Å². The normalized spacial score (nSPS) is 20.3. The molecule has 18 heavy (non-hydrogen) atoms. The van der Waals surface area contributed by atoms with Crippen molar-refractivity contribution in [3.8, 4) is 0 Å². The minimum absolute atomic E-state index is 0.176. The Hall–Kier alpha value is -1.46. The lowest BCUT2D eigenvalue weighted by Crippen LogP contribution is -2.44. The number of nitrogens with zero attached hydrogens (tertiary/aromatic N) is 2. The third-order valence-electron chi connectivity index (χ3n) is 3.37. The van der Waals surface area contributed by atoms with Gasteiger partial charge < -0.3 is 4.74 Å². The van der Waals surface area contributed by atoms with E-state index in [0.717, 1.165) is 18.7 Å². The molecule has 0 spiro atoms. The zero-order chi connectivity index (χ0) is 13.0. The molecule has 1 fully saturated rings. The van der Waals surface area contributed by atoms with Gasteiger partial charge in [0.15, 0.2) is 0 Å². The largest absolute Gasteiger partial charge is 0.379 e. The zero-order valence-electron chi connectivity index (χ0n) is 10.5. The Morgan fingerprint density at radius 2 is 1.89 bits per heavy atom. The highest BCUT2D eigenvalue weighted by atomic mass is 16.6. The first kappa shape index (κ1) is 13.0. The van der Waals surface area contributed by atoms with Crippen molar-refractivity contribution in [2.75, 3.05) is 26.3 Å². The molecule has 1 saturated heterocycles. The van der Waals surface area contributed by atoms with E-state index >= 15 is 0 Å². The quantitative estimate of drug-likeness (QED) is 0.603. The number of nitro groups is 1. The smallest absolute Gasteiger partial charge is 0.229 e. The Kier molecular flexibility index (Phi) is 4.28. The van der Waals surface area contributed by atoms with Crippen LogP contribution in [0.25, 0.3) is 0 Å². The first-order valence-electron chi connectivity index (χ1n) is 6.20. The van der Waals surface area contributed by atoms with Crippen LogP contribution in [-0.2, 0) is 4.74 Å². The van der Waals surface area contributed by atoms with E-state index < -0.39 is 6.04 Å². The molecule has 0 N–H and O–H groups in total. The molecule has 0 aromatic heterocycles. The van der Waals surface area contributed by atoms with Gasteiger partial charge in [0.2, 0.25) is 6.04 Å². The van der Waals surface area contributed by atoms with E-state index in [1.807, 2.05) is 30.3 Å². The lowest BCUT2D eigenvalue weighted by Gasteiger charge is -2.34. The summed E-state index contributed by atoms with van der Waals surface area (Å²) in [5.41, 5.74) is 1.00. The SMILES string of the molecule is C[C@H]([C@@H](c1ccccc1)N1CCOCC1)[N+](=O)[O-]. The van der Waals surface area contributed by atoms with Crippen molar-refractivity contribution in [2.24, 2.45) is 0 Å². The van der Waals surface area contributed by atoms with Crippen molar-refractivity contribution >= 4 is 0 Å². The molecule has 1 aliphatic rings. The summed E-state index contributed by atoms with van der Waals surface area (Å²) >= 11 is 0. The first-order chi connectivity index (χ1) is 8.70. The lowest BCUT2D eigenvalue weighted by molar-refractivity contribution is -0.527. The van der Waals surface area contributed by atoms with Crippen molar-refractivity contribution in [3.05, 3.63) is 46.0 Å². The molecule has 0 saturated carbocycles. The van der Waals surface area contributed by atoms with Crippen LogP contribution < -0.4 is 0 Å². The van der Waals surface area contributed by atoms with Crippen LogP contribution in [-0.4, -0.2) is 42.2 Å². The van der Waals surface area contributed by atoms with Crippen molar-refractivity contribution < 1.29 is 9.66 Å². The second-order valence-electron chi connectivity index (χ2n) is 4.53. The Bertz CT molecular complexity index is 390. The Morgan fingerprint density at radius 1 is 1.28 bits per heavy atom. The zero-order valence-corrected chi connectivity index (χ0v) is 10.5. The molecule has 0 bridgehead atoms. The van der Waals surface area contributed by atoms with Crippen LogP contribution >= 0.6 is 0 Å². The minimum atomic E-state index is -0.620. The molecule has 0 amide bonds. The maximum atomic E-state index is 11.1. The Morgan fingerprint density at radius 3 is 2.44 bits per heavy atom. The molecule has 2 rings (SSSR count). The molecule has 0 unspecified atom stereocenters. The van der Waals surface area contributed by atoms with Gasteiger partial charge in [0.05, 0.1) is 13.2 Å². The third-order valence-corrected chi connectivity index (χ3v) is 3.37. The monoisotopic (exact) mass is 250 g/mol. The van der Waals surface area contributed by atoms with E-state index in [2.05, 4.69) is 4.90 Å². The average molecular weight is 250 g/mol. The van der Waals surface area contributed by atoms with Gasteiger partial charge in [0.25, 0.3) is 0 Å². The molecular formula is C13H18N2O3. The number of benzene rings is 1. The van der Waals surface area contributed by atoms with E-state index in [0.29, 0.717) is 13.2 Å². The summed E-state index contributed by atoms with van der Waals surface area (Å²) in [5.74, 6) is 0. The highest BCUT2D eigenvalue weighted by Crippen LogP contribution is 2.26. The highest BCUT2D eigenvalue weighted by molar-refractivity contribution is 5.20. The maximum Gasteiger partial charge on any atom is 0.229 e. The van der Waals surface area contributed by atoms with E-state index in [1.54, 1.807) is 6.92 Å². The van der Waals surface area contributed by atoms with Gasteiger partial charge >= 0.3 is 0 Å². The summed E-state index contributed by atoms with van der Waals surface area (Å²) in [4.78, 5) is 13.0. The molecule has 1 aromatic carbocycles. The fourth-order valence-corrected chi connectivity index (χ4v) is 2.42. The molecule has 0 radical (unpaired) electrons. The van der Waals surface area contributed by atoms with Crippen molar-refractivity contribution in [1.29, 1.82) is 0 Å². The number of hydrogen-bond donors (Lipinski definition) is 0. The number of rotatable bonds is 4. The molecular weight excluding hydrogens is 232 g/mol. The summed E-state index contributed by atoms with van der Waals surface area (Å²) in [6.45, 7) is 4.46. The van der Waals surface area contributed by atoms with Gasteiger partial charge in [0, 0.05) is 24.9 Å². The van der Waals surface area contributed by atoms with Gasteiger partial charge in [-0.1, -0.05) is 30.3 Å². The number of morpholine rings is 1. The van der Waals surface area contributed by atoms with Crippen molar-refractivity contribution in [3.63, 3.8) is 0 Å². The van der Waals surface area contributed by atoms with E-state index in [9.17, 15) is 10.1 Å². The second kappa shape index (κ2) is 5.93. The van der Waals surface area contributed by atoms with E-state index in [4.69, 9.17) is 4.74 Å². The molecule has 98 valence electrons. The number of hydrogen-bond acceptors (Lipinski definition) is 4. The van der Waals surface area contributed by atoms with E-state index in [-0.39, 0.29) is 11.0 Å². The minimum Gasteiger partial charge on any atom is -0.379 e. The summed E-state index contributed by atoms with van der Waals surface area (Å²) in [6.07, 6.45) is 0. The summed E-state index contributed by atoms with van der Waals surface area (Å²) < 4.78 is 5.31. The molecule has 1 heterocycles. The maximum absolute atomic E-state index is 11.1. The standard InChI is InChI=1S/C13H18N2O3/c1-11(15(16)17)13(12-5-3-2-4-6-12)14-7-9-18-10-8-14/h2-6,11,13H,7-10H2,1H3/t11-,13+/m1/s1. The predicted molar refractivity (Wildman–Crippen MR) is 68.0 cm³/mol. The number of ether oxygens (including phenoxy) is 1. The van der Waals surface area contributed by atoms with Gasteiger partial charge in [0.1, 0.15) is 6.04 Å². The van der Waals surface area contributed by atoms with Gasteiger partial charge in [-0.2, -0.15) is 0 Å². The summed E-state index contributed by atoms with van der Waals surface area (Å²) in [6, 6.07) is 8.90. The topological polar surface area (TPSA) is 55.6 Å². The molecule has 5 heteroatoms. The first-order valence-corrected chi connectivity index (χ1v) is 6.20. The molecule has 5 nitrogen and oxygen atoms in total. The van der Waals surface area contributed by atoms with Crippen LogP contribution in [0.3, 0.4) is 0 Å². The molecule has 1 aliphatic heterocycles. The Labute approximate surface area is 107 Å². The van der Waals surface area contributed by atoms with Gasteiger partial charge in [-0.25, -0.2) is 0 Å². The fraction of sp³-hybridized carbons (Fsp3) is 0.538. The third kappa shape index (κ3) is 2.86. The van der Waals surface area contributed by atoms with Crippen LogP contribution in [0.2, 0.25) is 0 Å². The predicted octanol–water partition coefficient (Wildman–Crippen LogP) is 1.73. The van der Waals surface area contributed by atoms with Crippen LogP contribution in [0.1, 0.15) is 18.5 Å². The second-order valence-corrected chi connectivity index (χ2v) is 4.53. The van der Waals surface area contributed by atoms with Crippen molar-refractivity contribution in [1.82, 2.24) is 4.90 Å². The van der Waals surface area contributed by atoms with E-state index in [1.165, 1.54) is 0 Å². The fourth-order valence-electron chi connectivity index (χ4n) is 2.42. The van der Waals surface area contributed by atoms with Crippen LogP contribution in [0.4, 0.5) is 0 Å². The van der Waals surface area contributed by atoms with Gasteiger partial charge in [-0.3, -0.25) is 15.0 Å². The molecule has 2 atom stereocenters. The molecule has 1 aromatic rings. The lowest BCUT2D eigenvalue weighted by atomic mass is 9.98. The highest BCUT2D eigenvalue weighted by Gasteiger charge is 2.34. The van der Waals surface area contributed by atoms with Crippen LogP contribution in [0.15, 0.2) is 30.3 Å². The summed E-state index contributed by atoms with van der Waals surface area (Å²) in [5, 5.41) is 11.1. The summed E-state index contributed by atoms with van der Waals surface area (Å²) in [7, 11) is 0. The van der Waals surface area contributed by atoms with Gasteiger partial charge in [-0.05, 0) is 5.56 Å². The van der Waals surface area contributed by atoms with Crippen LogP contribution in [0, 0.1) is 10.1 Å². The van der Waals surface area contributed by atoms with Gasteiger partial charge in [-0.15, -0.1) is 0 Å². The van der Waals surface area contributed by atoms with Crippen LogP contribution in [0.5, 0.6) is 0 Å². The molecule has 0 aliphatic carbocycles. The average Bonchev–Trinajstić information content (AvgIpc) is 2.41.